The first-order valence-electron chi connectivity index (χ1n) is 11.9. The minimum atomic E-state index is -4.36. The Balaban J connectivity index is 1.14. The quantitative estimate of drug-likeness (QED) is 0.414. The van der Waals surface area contributed by atoms with Gasteiger partial charge in [0.15, 0.2) is 0 Å². The van der Waals surface area contributed by atoms with Gasteiger partial charge in [0, 0.05) is 45.7 Å². The van der Waals surface area contributed by atoms with E-state index in [9.17, 15) is 27.6 Å². The van der Waals surface area contributed by atoms with Crippen molar-refractivity contribution >= 4 is 17.7 Å². The Morgan fingerprint density at radius 2 is 1.49 bits per heavy atom. The standard InChI is InChI=1S/C26H28F3N3O3/c27-26(28,29)20-8-6-7-19(17-20)18-30-13-15-31(16-14-30)23(33)11-2-1-5-12-32-24(34)21-9-3-4-10-22(21)25(32)35/h3-4,6-10,17H,1-2,5,11-16,18H2. The van der Waals surface area contributed by atoms with Gasteiger partial charge in [0.05, 0.1) is 16.7 Å². The summed E-state index contributed by atoms with van der Waals surface area (Å²) in [6.07, 6.45) is -1.91. The highest BCUT2D eigenvalue weighted by Crippen LogP contribution is 2.30. The number of amides is 3. The molecule has 0 atom stereocenters. The van der Waals surface area contributed by atoms with Gasteiger partial charge in [-0.05, 0) is 36.6 Å². The van der Waals surface area contributed by atoms with E-state index in [1.54, 1.807) is 35.2 Å². The number of hydrogen-bond donors (Lipinski definition) is 0. The lowest BCUT2D eigenvalue weighted by Gasteiger charge is -2.35. The van der Waals surface area contributed by atoms with E-state index in [4.69, 9.17) is 0 Å². The number of hydrogen-bond acceptors (Lipinski definition) is 4. The predicted molar refractivity (Wildman–Crippen MR) is 124 cm³/mol. The summed E-state index contributed by atoms with van der Waals surface area (Å²) < 4.78 is 38.7. The number of imide groups is 1. The molecule has 1 saturated heterocycles. The summed E-state index contributed by atoms with van der Waals surface area (Å²) in [5.74, 6) is -0.459. The van der Waals surface area contributed by atoms with Gasteiger partial charge >= 0.3 is 6.18 Å². The van der Waals surface area contributed by atoms with Crippen LogP contribution in [0.15, 0.2) is 48.5 Å². The van der Waals surface area contributed by atoms with Crippen LogP contribution < -0.4 is 0 Å². The third-order valence-electron chi connectivity index (χ3n) is 6.54. The highest BCUT2D eigenvalue weighted by molar-refractivity contribution is 6.21. The Morgan fingerprint density at radius 1 is 0.829 bits per heavy atom. The molecule has 0 radical (unpaired) electrons. The van der Waals surface area contributed by atoms with Crippen molar-refractivity contribution in [2.75, 3.05) is 32.7 Å². The number of piperazine rings is 1. The van der Waals surface area contributed by atoms with E-state index in [1.807, 2.05) is 0 Å². The Bertz CT molecular complexity index is 1060. The van der Waals surface area contributed by atoms with Crippen molar-refractivity contribution in [3.05, 3.63) is 70.8 Å². The summed E-state index contributed by atoms with van der Waals surface area (Å²) >= 11 is 0. The van der Waals surface area contributed by atoms with Crippen molar-refractivity contribution < 1.29 is 27.6 Å². The van der Waals surface area contributed by atoms with E-state index in [1.165, 1.54) is 17.0 Å². The van der Waals surface area contributed by atoms with Gasteiger partial charge in [0.1, 0.15) is 0 Å². The summed E-state index contributed by atoms with van der Waals surface area (Å²) in [5, 5.41) is 0. The molecule has 2 aliphatic rings. The minimum absolute atomic E-state index is 0.0597. The Hall–Kier alpha value is -3.20. The molecule has 0 aromatic heterocycles. The molecule has 4 rings (SSSR count). The predicted octanol–water partition coefficient (Wildman–Crippen LogP) is 4.21. The number of halogens is 3. The third-order valence-corrected chi connectivity index (χ3v) is 6.54. The normalized spacial score (nSPS) is 16.7. The molecule has 0 spiro atoms. The second kappa shape index (κ2) is 10.6. The van der Waals surface area contributed by atoms with Crippen LogP contribution in [-0.4, -0.2) is 65.1 Å². The van der Waals surface area contributed by atoms with Crippen LogP contribution in [0.25, 0.3) is 0 Å². The largest absolute Gasteiger partial charge is 0.416 e. The zero-order valence-electron chi connectivity index (χ0n) is 19.4. The maximum atomic E-state index is 12.9. The average Bonchev–Trinajstić information content (AvgIpc) is 3.09. The number of nitrogens with zero attached hydrogens (tertiary/aromatic N) is 3. The molecule has 0 saturated carbocycles. The zero-order chi connectivity index (χ0) is 25.0. The maximum absolute atomic E-state index is 12.9. The molecule has 9 heteroatoms. The number of rotatable bonds is 8. The van der Waals surface area contributed by atoms with Gasteiger partial charge in [-0.25, -0.2) is 0 Å². The lowest BCUT2D eigenvalue weighted by atomic mass is 10.1. The minimum Gasteiger partial charge on any atom is -0.340 e. The molecule has 2 heterocycles. The summed E-state index contributed by atoms with van der Waals surface area (Å²) in [6.45, 7) is 3.08. The van der Waals surface area contributed by atoms with E-state index >= 15 is 0 Å². The molecule has 2 aromatic rings. The van der Waals surface area contributed by atoms with Crippen molar-refractivity contribution in [3.8, 4) is 0 Å². The molecule has 2 aromatic carbocycles. The second-order valence-electron chi connectivity index (χ2n) is 8.97. The Morgan fingerprint density at radius 3 is 2.11 bits per heavy atom. The van der Waals surface area contributed by atoms with Crippen molar-refractivity contribution in [2.45, 2.75) is 38.4 Å². The molecule has 186 valence electrons. The molecule has 0 unspecified atom stereocenters. The van der Waals surface area contributed by atoms with Gasteiger partial charge in [-0.15, -0.1) is 0 Å². The lowest BCUT2D eigenvalue weighted by molar-refractivity contribution is -0.137. The summed E-state index contributed by atoms with van der Waals surface area (Å²) in [7, 11) is 0. The summed E-state index contributed by atoms with van der Waals surface area (Å²) in [4.78, 5) is 42.4. The molecular formula is C26H28F3N3O3. The topological polar surface area (TPSA) is 60.9 Å². The van der Waals surface area contributed by atoms with E-state index in [0.717, 1.165) is 12.5 Å². The van der Waals surface area contributed by atoms with Gasteiger partial charge in [-0.1, -0.05) is 36.8 Å². The van der Waals surface area contributed by atoms with Gasteiger partial charge in [0.25, 0.3) is 11.8 Å². The van der Waals surface area contributed by atoms with Crippen molar-refractivity contribution in [3.63, 3.8) is 0 Å². The number of carbonyl (C=O) groups excluding carboxylic acids is 3. The number of carbonyl (C=O) groups is 3. The van der Waals surface area contributed by atoms with Crippen LogP contribution in [0.1, 0.15) is 57.5 Å². The van der Waals surface area contributed by atoms with E-state index in [2.05, 4.69) is 4.90 Å². The highest BCUT2D eigenvalue weighted by Gasteiger charge is 2.34. The van der Waals surface area contributed by atoms with Crippen LogP contribution in [0.2, 0.25) is 0 Å². The number of unbranched alkanes of at least 4 members (excludes halogenated alkanes) is 2. The van der Waals surface area contributed by atoms with Crippen LogP contribution in [0.4, 0.5) is 13.2 Å². The fraction of sp³-hybridized carbons (Fsp3) is 0.423. The zero-order valence-corrected chi connectivity index (χ0v) is 19.4. The molecular weight excluding hydrogens is 459 g/mol. The van der Waals surface area contributed by atoms with Gasteiger partial charge in [-0.2, -0.15) is 13.2 Å². The van der Waals surface area contributed by atoms with E-state index in [0.29, 0.717) is 75.2 Å². The van der Waals surface area contributed by atoms with Crippen molar-refractivity contribution in [1.29, 1.82) is 0 Å². The summed E-state index contributed by atoms with van der Waals surface area (Å²) in [5.41, 5.74) is 0.851. The van der Waals surface area contributed by atoms with Gasteiger partial charge in [-0.3, -0.25) is 24.2 Å². The van der Waals surface area contributed by atoms with Gasteiger partial charge in [0.2, 0.25) is 5.91 Å². The highest BCUT2D eigenvalue weighted by atomic mass is 19.4. The van der Waals surface area contributed by atoms with Crippen LogP contribution in [0.5, 0.6) is 0 Å². The Labute approximate surface area is 202 Å². The monoisotopic (exact) mass is 487 g/mol. The smallest absolute Gasteiger partial charge is 0.340 e. The first kappa shape index (κ1) is 24.9. The molecule has 0 aliphatic carbocycles. The van der Waals surface area contributed by atoms with Gasteiger partial charge < -0.3 is 4.90 Å². The second-order valence-corrected chi connectivity index (χ2v) is 8.97. The maximum Gasteiger partial charge on any atom is 0.416 e. The SMILES string of the molecule is O=C(CCCCCN1C(=O)c2ccccc2C1=O)N1CCN(Cc2cccc(C(F)(F)F)c2)CC1. The molecule has 0 bridgehead atoms. The number of alkyl halides is 3. The van der Waals surface area contributed by atoms with Crippen LogP contribution >= 0.6 is 0 Å². The third kappa shape index (κ3) is 5.90. The van der Waals surface area contributed by atoms with Crippen molar-refractivity contribution in [1.82, 2.24) is 14.7 Å². The first-order chi connectivity index (χ1) is 16.7. The fourth-order valence-corrected chi connectivity index (χ4v) is 4.58. The van der Waals surface area contributed by atoms with Crippen molar-refractivity contribution in [2.24, 2.45) is 0 Å². The van der Waals surface area contributed by atoms with Crippen LogP contribution in [-0.2, 0) is 17.5 Å². The average molecular weight is 488 g/mol. The number of fused-ring (bicyclic) bond motifs is 1. The molecule has 2 aliphatic heterocycles. The number of benzene rings is 2. The Kier molecular flexibility index (Phi) is 7.54. The van der Waals surface area contributed by atoms with Crippen LogP contribution in [0, 0.1) is 0 Å². The van der Waals surface area contributed by atoms with Crippen LogP contribution in [0.3, 0.4) is 0 Å². The molecule has 0 N–H and O–H groups in total. The first-order valence-corrected chi connectivity index (χ1v) is 11.9. The molecule has 3 amide bonds. The summed E-state index contributed by atoms with van der Waals surface area (Å²) in [6, 6.07) is 12.2. The molecule has 35 heavy (non-hydrogen) atoms. The van der Waals surface area contributed by atoms with E-state index < -0.39 is 11.7 Å². The fourth-order valence-electron chi connectivity index (χ4n) is 4.58. The molecule has 1 fully saturated rings. The van der Waals surface area contributed by atoms with E-state index in [-0.39, 0.29) is 17.7 Å². The molecule has 6 nitrogen and oxygen atoms in total. The lowest BCUT2D eigenvalue weighted by Crippen LogP contribution is -2.48.